The number of urea groups is 1. The Kier molecular flexibility index (Phi) is 5.82. The van der Waals surface area contributed by atoms with Gasteiger partial charge in [0, 0.05) is 11.8 Å². The number of nitrogens with zero attached hydrogens (tertiary/aromatic N) is 1. The van der Waals surface area contributed by atoms with Crippen molar-refractivity contribution in [3.8, 4) is 11.5 Å². The molecule has 0 radical (unpaired) electrons. The molecule has 4 amide bonds. The first-order valence-electron chi connectivity index (χ1n) is 8.82. The van der Waals surface area contributed by atoms with E-state index in [0.717, 1.165) is 10.5 Å². The molecule has 3 rings (SSSR count). The monoisotopic (exact) mass is 395 g/mol. The average Bonchev–Trinajstić information content (AvgIpc) is 2.72. The number of amides is 4. The van der Waals surface area contributed by atoms with Crippen molar-refractivity contribution in [3.05, 3.63) is 66.4 Å². The van der Waals surface area contributed by atoms with Gasteiger partial charge >= 0.3 is 6.03 Å². The van der Waals surface area contributed by atoms with Crippen LogP contribution in [0.25, 0.3) is 0 Å². The van der Waals surface area contributed by atoms with E-state index >= 15 is 0 Å². The summed E-state index contributed by atoms with van der Waals surface area (Å²) in [5, 5.41) is 5.17. The summed E-state index contributed by atoms with van der Waals surface area (Å²) in [6.07, 6.45) is 0. The van der Waals surface area contributed by atoms with E-state index in [9.17, 15) is 14.4 Å². The van der Waals surface area contributed by atoms with Gasteiger partial charge in [-0.15, -0.1) is 0 Å². The third kappa shape index (κ3) is 4.21. The fourth-order valence-electron chi connectivity index (χ4n) is 2.98. The van der Waals surface area contributed by atoms with Crippen LogP contribution in [0, 0.1) is 5.92 Å². The van der Waals surface area contributed by atoms with Crippen LogP contribution in [0.3, 0.4) is 0 Å². The Morgan fingerprint density at radius 3 is 2.48 bits per heavy atom. The highest BCUT2D eigenvalue weighted by atomic mass is 16.5. The van der Waals surface area contributed by atoms with Gasteiger partial charge in [0.2, 0.25) is 11.8 Å². The zero-order valence-electron chi connectivity index (χ0n) is 16.1. The summed E-state index contributed by atoms with van der Waals surface area (Å²) in [4.78, 5) is 38.5. The van der Waals surface area contributed by atoms with E-state index in [0.29, 0.717) is 17.2 Å². The molecule has 1 aliphatic heterocycles. The molecule has 1 fully saturated rings. The van der Waals surface area contributed by atoms with E-state index in [1.54, 1.807) is 42.5 Å². The summed E-state index contributed by atoms with van der Waals surface area (Å²) in [6, 6.07) is 13.3. The lowest BCUT2D eigenvalue weighted by atomic mass is 10.0. The molecular weight excluding hydrogens is 374 g/mol. The lowest BCUT2D eigenvalue weighted by molar-refractivity contribution is -0.141. The van der Waals surface area contributed by atoms with E-state index in [-0.39, 0.29) is 12.2 Å². The summed E-state index contributed by atoms with van der Waals surface area (Å²) < 4.78 is 10.5. The van der Waals surface area contributed by atoms with Gasteiger partial charge in [-0.25, -0.2) is 4.79 Å². The first-order chi connectivity index (χ1) is 13.9. The van der Waals surface area contributed by atoms with E-state index in [1.807, 2.05) is 6.07 Å². The number of anilines is 1. The Morgan fingerprint density at radius 1 is 1.10 bits per heavy atom. The quantitative estimate of drug-likeness (QED) is 0.700. The standard InChI is InChI=1S/C21H21N3O5/c1-13(22-16-10-9-15(28-2)11-17(16)29-3)18-19(25)23-21(27)24(20(18)26)12-14-7-5-4-6-8-14/h4-11,18,22H,1,12H2,2-3H3,(H,23,25,27)/t18-/m1/s1. The molecule has 2 N–H and O–H groups in total. The van der Waals surface area contributed by atoms with Crippen molar-refractivity contribution in [2.45, 2.75) is 6.54 Å². The van der Waals surface area contributed by atoms with E-state index in [1.165, 1.54) is 14.2 Å². The van der Waals surface area contributed by atoms with E-state index < -0.39 is 23.8 Å². The first kappa shape index (κ1) is 19.9. The molecule has 0 bridgehead atoms. The number of barbiturate groups is 1. The molecule has 29 heavy (non-hydrogen) atoms. The van der Waals surface area contributed by atoms with Crippen LogP contribution >= 0.6 is 0 Å². The van der Waals surface area contributed by atoms with E-state index in [4.69, 9.17) is 9.47 Å². The number of benzene rings is 2. The second kappa shape index (κ2) is 8.47. The second-order valence-electron chi connectivity index (χ2n) is 6.35. The van der Waals surface area contributed by atoms with Gasteiger partial charge in [-0.05, 0) is 17.7 Å². The van der Waals surface area contributed by atoms with Gasteiger partial charge in [0.25, 0.3) is 0 Å². The van der Waals surface area contributed by atoms with Crippen molar-refractivity contribution >= 4 is 23.5 Å². The van der Waals surface area contributed by atoms with Crippen molar-refractivity contribution in [3.63, 3.8) is 0 Å². The number of hydrogen-bond donors (Lipinski definition) is 2. The van der Waals surface area contributed by atoms with Gasteiger partial charge in [0.15, 0.2) is 5.92 Å². The lowest BCUT2D eigenvalue weighted by Crippen LogP contribution is -2.58. The van der Waals surface area contributed by atoms with Crippen LogP contribution in [0.15, 0.2) is 60.8 Å². The number of nitrogens with one attached hydrogen (secondary N) is 2. The predicted octanol–water partition coefficient (Wildman–Crippen LogP) is 2.52. The maximum atomic E-state index is 12.9. The summed E-state index contributed by atoms with van der Waals surface area (Å²) in [6.45, 7) is 3.89. The minimum absolute atomic E-state index is 0.0500. The van der Waals surface area contributed by atoms with Crippen LogP contribution < -0.4 is 20.1 Å². The van der Waals surface area contributed by atoms with Gasteiger partial charge in [0.05, 0.1) is 26.5 Å². The van der Waals surface area contributed by atoms with Crippen molar-refractivity contribution in [1.82, 2.24) is 10.2 Å². The van der Waals surface area contributed by atoms with Crippen LogP contribution in [-0.2, 0) is 16.1 Å². The number of methoxy groups -OCH3 is 2. The molecule has 1 saturated heterocycles. The number of rotatable bonds is 7. The Morgan fingerprint density at radius 2 is 1.83 bits per heavy atom. The van der Waals surface area contributed by atoms with Gasteiger partial charge < -0.3 is 14.8 Å². The van der Waals surface area contributed by atoms with Crippen LogP contribution in [-0.4, -0.2) is 37.0 Å². The van der Waals surface area contributed by atoms with Crippen LogP contribution in [0.5, 0.6) is 11.5 Å². The fraction of sp³-hybridized carbons (Fsp3) is 0.190. The molecule has 8 nitrogen and oxygen atoms in total. The minimum Gasteiger partial charge on any atom is -0.497 e. The highest BCUT2D eigenvalue weighted by Crippen LogP contribution is 2.31. The Balaban J connectivity index is 1.81. The highest BCUT2D eigenvalue weighted by Gasteiger charge is 2.42. The van der Waals surface area contributed by atoms with Crippen LogP contribution in [0.2, 0.25) is 0 Å². The number of ether oxygens (including phenoxy) is 2. The zero-order chi connectivity index (χ0) is 21.0. The minimum atomic E-state index is -1.26. The molecule has 0 spiro atoms. The summed E-state index contributed by atoms with van der Waals surface area (Å²) >= 11 is 0. The van der Waals surface area contributed by atoms with Crippen LogP contribution in [0.4, 0.5) is 10.5 Å². The van der Waals surface area contributed by atoms with Crippen molar-refractivity contribution in [2.75, 3.05) is 19.5 Å². The van der Waals surface area contributed by atoms with Gasteiger partial charge in [-0.2, -0.15) is 0 Å². The third-order valence-corrected chi connectivity index (χ3v) is 4.49. The molecule has 0 aromatic heterocycles. The Hall–Kier alpha value is -3.81. The average molecular weight is 395 g/mol. The number of carbonyl (C=O) groups is 3. The van der Waals surface area contributed by atoms with Crippen LogP contribution in [0.1, 0.15) is 5.56 Å². The fourth-order valence-corrected chi connectivity index (χ4v) is 2.98. The Bertz CT molecular complexity index is 958. The van der Waals surface area contributed by atoms with E-state index in [2.05, 4.69) is 17.2 Å². The summed E-state index contributed by atoms with van der Waals surface area (Å²) in [5.41, 5.74) is 1.39. The van der Waals surface area contributed by atoms with Crippen molar-refractivity contribution < 1.29 is 23.9 Å². The molecule has 0 saturated carbocycles. The smallest absolute Gasteiger partial charge is 0.331 e. The SMILES string of the molecule is C=C(Nc1ccc(OC)cc1OC)[C@@H]1C(=O)NC(=O)N(Cc2ccccc2)C1=O. The molecule has 1 heterocycles. The maximum Gasteiger partial charge on any atom is 0.331 e. The third-order valence-electron chi connectivity index (χ3n) is 4.49. The molecule has 2 aromatic rings. The summed E-state index contributed by atoms with van der Waals surface area (Å²) in [7, 11) is 3.02. The second-order valence-corrected chi connectivity index (χ2v) is 6.35. The van der Waals surface area contributed by atoms with Gasteiger partial charge in [-0.1, -0.05) is 36.9 Å². The molecule has 0 aliphatic carbocycles. The Labute approximate surface area is 168 Å². The lowest BCUT2D eigenvalue weighted by Gasteiger charge is -2.31. The van der Waals surface area contributed by atoms with Gasteiger partial charge in [-0.3, -0.25) is 19.8 Å². The molecule has 150 valence electrons. The number of carbonyl (C=O) groups excluding carboxylic acids is 3. The molecule has 0 unspecified atom stereocenters. The molecule has 1 atom stereocenters. The highest BCUT2D eigenvalue weighted by molar-refractivity contribution is 6.17. The molecule has 1 aliphatic rings. The largest absolute Gasteiger partial charge is 0.497 e. The topological polar surface area (TPSA) is 97.0 Å². The maximum absolute atomic E-state index is 12.9. The molecular formula is C21H21N3O5. The predicted molar refractivity (Wildman–Crippen MR) is 106 cm³/mol. The molecule has 2 aromatic carbocycles. The van der Waals surface area contributed by atoms with Crippen molar-refractivity contribution in [1.29, 1.82) is 0 Å². The molecule has 8 heteroatoms. The van der Waals surface area contributed by atoms with Crippen molar-refractivity contribution in [2.24, 2.45) is 5.92 Å². The number of hydrogen-bond acceptors (Lipinski definition) is 6. The first-order valence-corrected chi connectivity index (χ1v) is 8.82. The number of imide groups is 2. The van der Waals surface area contributed by atoms with Gasteiger partial charge in [0.1, 0.15) is 11.5 Å². The normalized spacial score (nSPS) is 16.3. The zero-order valence-corrected chi connectivity index (χ0v) is 16.1. The summed E-state index contributed by atoms with van der Waals surface area (Å²) in [5.74, 6) is -1.60.